The van der Waals surface area contributed by atoms with Crippen LogP contribution in [0, 0.1) is 0 Å². The van der Waals surface area contributed by atoms with Gasteiger partial charge in [-0.15, -0.1) is 0 Å². The van der Waals surface area contributed by atoms with E-state index in [1.165, 1.54) is 372 Å². The Morgan fingerprint density at radius 3 is 0.845 bits per heavy atom. The van der Waals surface area contributed by atoms with Crippen molar-refractivity contribution in [2.24, 2.45) is 0 Å². The van der Waals surface area contributed by atoms with E-state index in [9.17, 15) is 19.8 Å². The minimum Gasteiger partial charge on any atom is -0.466 e. The summed E-state index contributed by atoms with van der Waals surface area (Å²) in [6, 6.07) is -0.628. The molecule has 84 heavy (non-hydrogen) atoms. The van der Waals surface area contributed by atoms with Gasteiger partial charge in [-0.2, -0.15) is 0 Å². The molecule has 0 radical (unpaired) electrons. The molecule has 0 aliphatic carbocycles. The Labute approximate surface area is 526 Å². The van der Waals surface area contributed by atoms with Crippen LogP contribution in [0.15, 0.2) is 24.3 Å². The number of carbonyl (C=O) groups is 2. The van der Waals surface area contributed by atoms with E-state index in [0.29, 0.717) is 19.4 Å². The van der Waals surface area contributed by atoms with E-state index in [1.807, 2.05) is 6.08 Å². The standard InChI is InChI=1S/C78H151NO5/c1-3-5-7-9-11-13-15-17-18-19-20-21-22-29-32-35-38-41-44-47-50-54-58-62-66-70-76(81)75(74-80)79-77(82)71-67-63-59-55-51-48-45-42-39-36-33-30-27-25-23-24-26-28-31-34-37-40-43-46-49-53-57-61-65-69-73-84-78(83)72-68-64-60-56-52-16-14-12-10-8-6-4-2/h24,26,66,70,75-76,80-81H,3-23,25,27-65,67-69,71-74H2,1-2H3,(H,79,82)/b26-24-,70-66+. The maximum atomic E-state index is 12.6. The second kappa shape index (κ2) is 73.8. The summed E-state index contributed by atoms with van der Waals surface area (Å²) in [4.78, 5) is 24.6. The SMILES string of the molecule is CCCCCCCCCCCCCCCCCCCCCCCCC/C=C/C(O)C(CO)NC(=O)CCCCCCCCCCCCCCCC/C=C\CCCCCCCCCCCCCCOC(=O)CCCCCCCCCCCCCC. The number of esters is 1. The molecular weight excluding hydrogens is 1030 g/mol. The lowest BCUT2D eigenvalue weighted by atomic mass is 10.0. The maximum Gasteiger partial charge on any atom is 0.305 e. The second-order valence-corrected chi connectivity index (χ2v) is 26.7. The van der Waals surface area contributed by atoms with Crippen molar-refractivity contribution in [1.82, 2.24) is 5.32 Å². The summed E-state index contributed by atoms with van der Waals surface area (Å²) in [5, 5.41) is 23.3. The zero-order valence-electron chi connectivity index (χ0n) is 57.2. The monoisotopic (exact) mass is 1180 g/mol. The van der Waals surface area contributed by atoms with Crippen LogP contribution in [0.1, 0.15) is 438 Å². The average molecular weight is 1180 g/mol. The molecule has 0 fully saturated rings. The number of nitrogens with one attached hydrogen (secondary N) is 1. The molecule has 0 aliphatic heterocycles. The van der Waals surface area contributed by atoms with Crippen molar-refractivity contribution in [3.8, 4) is 0 Å². The Morgan fingerprint density at radius 2 is 0.560 bits per heavy atom. The molecule has 0 heterocycles. The van der Waals surface area contributed by atoms with E-state index in [2.05, 4.69) is 31.3 Å². The third kappa shape index (κ3) is 69.4. The first-order valence-electron chi connectivity index (χ1n) is 38.6. The highest BCUT2D eigenvalue weighted by molar-refractivity contribution is 5.76. The fourth-order valence-corrected chi connectivity index (χ4v) is 12.3. The van der Waals surface area contributed by atoms with Crippen LogP contribution in [0.5, 0.6) is 0 Å². The lowest BCUT2D eigenvalue weighted by Gasteiger charge is -2.20. The molecule has 3 N–H and O–H groups in total. The zero-order valence-corrected chi connectivity index (χ0v) is 57.2. The number of ether oxygens (including phenoxy) is 1. The van der Waals surface area contributed by atoms with Crippen molar-refractivity contribution in [1.29, 1.82) is 0 Å². The molecule has 0 aromatic heterocycles. The molecule has 0 saturated heterocycles. The minimum absolute atomic E-state index is 0.0184. The molecule has 0 aromatic rings. The summed E-state index contributed by atoms with van der Waals surface area (Å²) in [5.74, 6) is -0.0428. The summed E-state index contributed by atoms with van der Waals surface area (Å²) in [6.45, 7) is 4.95. The molecule has 6 nitrogen and oxygen atoms in total. The summed E-state index contributed by atoms with van der Waals surface area (Å²) >= 11 is 0. The van der Waals surface area contributed by atoms with Gasteiger partial charge in [0.1, 0.15) is 0 Å². The topological polar surface area (TPSA) is 95.9 Å². The number of aliphatic hydroxyl groups excluding tert-OH is 2. The Kier molecular flexibility index (Phi) is 72.3. The van der Waals surface area contributed by atoms with Crippen LogP contribution in [0.25, 0.3) is 0 Å². The van der Waals surface area contributed by atoms with Gasteiger partial charge in [-0.25, -0.2) is 0 Å². The van der Waals surface area contributed by atoms with Crippen LogP contribution in [0.2, 0.25) is 0 Å². The highest BCUT2D eigenvalue weighted by Gasteiger charge is 2.18. The summed E-state index contributed by atoms with van der Waals surface area (Å²) in [7, 11) is 0. The normalized spacial score (nSPS) is 12.6. The first-order chi connectivity index (χ1) is 41.5. The van der Waals surface area contributed by atoms with E-state index >= 15 is 0 Å². The van der Waals surface area contributed by atoms with Gasteiger partial charge in [0.2, 0.25) is 5.91 Å². The lowest BCUT2D eigenvalue weighted by molar-refractivity contribution is -0.143. The summed E-state index contributed by atoms with van der Waals surface area (Å²) < 4.78 is 5.48. The lowest BCUT2D eigenvalue weighted by Crippen LogP contribution is -2.45. The molecular formula is C78H151NO5. The molecule has 498 valence electrons. The molecule has 0 bridgehead atoms. The summed E-state index contributed by atoms with van der Waals surface area (Å²) in [6.07, 6.45) is 94.3. The van der Waals surface area contributed by atoms with E-state index in [4.69, 9.17) is 4.74 Å². The smallest absolute Gasteiger partial charge is 0.305 e. The van der Waals surface area contributed by atoms with Crippen molar-refractivity contribution >= 4 is 11.9 Å². The van der Waals surface area contributed by atoms with Crippen molar-refractivity contribution in [2.75, 3.05) is 13.2 Å². The predicted molar refractivity (Wildman–Crippen MR) is 370 cm³/mol. The first-order valence-corrected chi connectivity index (χ1v) is 38.6. The van der Waals surface area contributed by atoms with Gasteiger partial charge in [-0.1, -0.05) is 391 Å². The van der Waals surface area contributed by atoms with Crippen molar-refractivity contribution in [3.05, 3.63) is 24.3 Å². The largest absolute Gasteiger partial charge is 0.466 e. The zero-order chi connectivity index (χ0) is 60.6. The molecule has 0 aliphatic rings. The van der Waals surface area contributed by atoms with Crippen LogP contribution >= 0.6 is 0 Å². The van der Waals surface area contributed by atoms with E-state index < -0.39 is 12.1 Å². The van der Waals surface area contributed by atoms with Crippen LogP contribution in [0.4, 0.5) is 0 Å². The van der Waals surface area contributed by atoms with Gasteiger partial charge >= 0.3 is 5.97 Å². The number of allylic oxidation sites excluding steroid dienone is 3. The minimum atomic E-state index is -0.845. The van der Waals surface area contributed by atoms with Crippen molar-refractivity contribution in [2.45, 2.75) is 450 Å². The van der Waals surface area contributed by atoms with Gasteiger partial charge in [0, 0.05) is 12.8 Å². The molecule has 2 atom stereocenters. The van der Waals surface area contributed by atoms with Gasteiger partial charge in [-0.05, 0) is 57.8 Å². The molecule has 0 spiro atoms. The number of hydrogen-bond acceptors (Lipinski definition) is 5. The van der Waals surface area contributed by atoms with E-state index in [1.54, 1.807) is 6.08 Å². The molecule has 2 unspecified atom stereocenters. The predicted octanol–water partition coefficient (Wildman–Crippen LogP) is 25.3. The van der Waals surface area contributed by atoms with Crippen molar-refractivity contribution in [3.63, 3.8) is 0 Å². The van der Waals surface area contributed by atoms with Crippen LogP contribution in [-0.2, 0) is 14.3 Å². The number of rotatable bonds is 73. The second-order valence-electron chi connectivity index (χ2n) is 26.7. The first kappa shape index (κ1) is 82.3. The third-order valence-corrected chi connectivity index (χ3v) is 18.2. The molecule has 0 saturated carbocycles. The fourth-order valence-electron chi connectivity index (χ4n) is 12.3. The van der Waals surface area contributed by atoms with Crippen LogP contribution in [0.3, 0.4) is 0 Å². The maximum absolute atomic E-state index is 12.6. The molecule has 6 heteroatoms. The van der Waals surface area contributed by atoms with E-state index in [0.717, 1.165) is 38.5 Å². The van der Waals surface area contributed by atoms with Crippen LogP contribution < -0.4 is 5.32 Å². The molecule has 1 amide bonds. The Balaban J connectivity index is 3.39. The fraction of sp³-hybridized carbons (Fsp3) is 0.923. The number of hydrogen-bond donors (Lipinski definition) is 3. The van der Waals surface area contributed by atoms with Gasteiger partial charge < -0.3 is 20.3 Å². The highest BCUT2D eigenvalue weighted by atomic mass is 16.5. The number of aliphatic hydroxyl groups is 2. The number of unbranched alkanes of at least 4 members (excludes halogenated alkanes) is 60. The number of carbonyl (C=O) groups excluding carboxylic acids is 2. The van der Waals surface area contributed by atoms with Crippen molar-refractivity contribution < 1.29 is 24.5 Å². The van der Waals surface area contributed by atoms with Gasteiger partial charge in [-0.3, -0.25) is 9.59 Å². The quantitative estimate of drug-likeness (QED) is 0.0320. The Hall–Kier alpha value is -1.66. The third-order valence-electron chi connectivity index (χ3n) is 18.2. The average Bonchev–Trinajstić information content (AvgIpc) is 3.50. The summed E-state index contributed by atoms with van der Waals surface area (Å²) in [5.41, 5.74) is 0. The van der Waals surface area contributed by atoms with Crippen LogP contribution in [-0.4, -0.2) is 47.4 Å². The number of amides is 1. The molecule has 0 rings (SSSR count). The molecule has 0 aromatic carbocycles. The Morgan fingerprint density at radius 1 is 0.321 bits per heavy atom. The van der Waals surface area contributed by atoms with Gasteiger partial charge in [0.15, 0.2) is 0 Å². The van der Waals surface area contributed by atoms with E-state index in [-0.39, 0.29) is 18.5 Å². The Bertz CT molecular complexity index is 1320. The van der Waals surface area contributed by atoms with Gasteiger partial charge in [0.25, 0.3) is 0 Å². The highest BCUT2D eigenvalue weighted by Crippen LogP contribution is 2.20. The van der Waals surface area contributed by atoms with Gasteiger partial charge in [0.05, 0.1) is 25.4 Å².